The number of aliphatic hydroxyl groups excluding tert-OH is 1. The van der Waals surface area contributed by atoms with Crippen LogP contribution in [0.15, 0.2) is 24.7 Å². The number of unbranched alkanes of at least 4 members (excludes halogenated alkanes) is 5. The molecule has 26 heavy (non-hydrogen) atoms. The van der Waals surface area contributed by atoms with E-state index in [1.54, 1.807) is 12.2 Å². The zero-order valence-corrected chi connectivity index (χ0v) is 16.0. The third kappa shape index (κ3) is 21.0. The van der Waals surface area contributed by atoms with Crippen molar-refractivity contribution in [3.8, 4) is 0 Å². The van der Waals surface area contributed by atoms with Gasteiger partial charge in [-0.2, -0.15) is 0 Å². The molecule has 0 saturated heterocycles. The van der Waals surface area contributed by atoms with Gasteiger partial charge in [-0.25, -0.2) is 0 Å². The van der Waals surface area contributed by atoms with Crippen molar-refractivity contribution in [2.24, 2.45) is 0 Å². The van der Waals surface area contributed by atoms with Crippen LogP contribution in [0, 0.1) is 0 Å². The first-order valence-corrected chi connectivity index (χ1v) is 9.44. The predicted octanol–water partition coefficient (Wildman–Crippen LogP) is 2.43. The van der Waals surface area contributed by atoms with E-state index < -0.39 is 7.32 Å². The fraction of sp³-hybridized carbons (Fsp3) is 0.778. The van der Waals surface area contributed by atoms with E-state index in [1.807, 2.05) is 0 Å². The van der Waals surface area contributed by atoms with E-state index in [-0.39, 0.29) is 19.8 Å². The average molecular weight is 374 g/mol. The monoisotopic (exact) mass is 374 g/mol. The number of rotatable bonds is 20. The van der Waals surface area contributed by atoms with Gasteiger partial charge in [0.05, 0.1) is 52.2 Å². The first-order chi connectivity index (χ1) is 12.8. The molecule has 7 nitrogen and oxygen atoms in total. The van der Waals surface area contributed by atoms with E-state index >= 15 is 0 Å². The lowest BCUT2D eigenvalue weighted by Crippen LogP contribution is -2.17. The van der Waals surface area contributed by atoms with Crippen LogP contribution < -0.4 is 0 Å². The van der Waals surface area contributed by atoms with Crippen molar-refractivity contribution in [3.05, 3.63) is 24.7 Å². The molecule has 0 fully saturated rings. The Balaban J connectivity index is 3.27. The number of aliphatic hydroxyl groups is 1. The minimum absolute atomic E-state index is 0.0292. The predicted molar refractivity (Wildman–Crippen MR) is 101 cm³/mol. The molecule has 0 aliphatic rings. The molecule has 0 bridgehead atoms. The minimum Gasteiger partial charge on any atom is -0.508 e. The quantitative estimate of drug-likeness (QED) is 0.192. The summed E-state index contributed by atoms with van der Waals surface area (Å²) in [5, 5.41) is 17.9. The zero-order valence-electron chi connectivity index (χ0n) is 16.0. The van der Waals surface area contributed by atoms with E-state index in [1.165, 1.54) is 44.6 Å². The molecule has 0 aromatic heterocycles. The van der Waals surface area contributed by atoms with Crippen molar-refractivity contribution >= 4 is 7.32 Å². The molecule has 0 unspecified atom stereocenters. The maximum Gasteiger partial charge on any atom is 0.784 e. The molecule has 0 spiro atoms. The average Bonchev–Trinajstić information content (AvgIpc) is 2.65. The van der Waals surface area contributed by atoms with Gasteiger partial charge in [0.1, 0.15) is 0 Å². The highest BCUT2D eigenvalue weighted by Crippen LogP contribution is 2.04. The summed E-state index contributed by atoms with van der Waals surface area (Å²) in [6.07, 6.45) is 13.3. The smallest absolute Gasteiger partial charge is 0.508 e. The first-order valence-electron chi connectivity index (χ1n) is 9.44. The third-order valence-corrected chi connectivity index (χ3v) is 3.26. The van der Waals surface area contributed by atoms with Gasteiger partial charge >= 0.3 is 7.32 Å². The van der Waals surface area contributed by atoms with Gasteiger partial charge in [-0.3, -0.25) is 0 Å². The molecule has 2 N–H and O–H groups in total. The van der Waals surface area contributed by atoms with E-state index in [4.69, 9.17) is 28.6 Å². The molecule has 0 aliphatic heterocycles. The highest BCUT2D eigenvalue weighted by molar-refractivity contribution is 6.35. The molecule has 0 saturated carbocycles. The molecule has 0 rings (SSSR count). The largest absolute Gasteiger partial charge is 0.784 e. The standard InChI is InChI=1S/C18H35BO7/c1-2-3-4-5-6-7-11-23-17-18-24-13-9-15-26-19(21)25-14-8-12-22-16-10-20/h8-9,14-15,20-21H,2-7,10-13,16-18H2,1H3/b14-8+,15-9+. The SMILES string of the molecule is CCCCCCCCOCCOC/C=C/OB(O)O/C=C/COCCO. The Morgan fingerprint density at radius 3 is 1.96 bits per heavy atom. The number of hydrogen-bond acceptors (Lipinski definition) is 7. The number of hydrogen-bond donors (Lipinski definition) is 2. The topological polar surface area (TPSA) is 86.6 Å². The summed E-state index contributed by atoms with van der Waals surface area (Å²) >= 11 is 0. The van der Waals surface area contributed by atoms with Crippen LogP contribution >= 0.6 is 0 Å². The normalized spacial score (nSPS) is 11.5. The fourth-order valence-electron chi connectivity index (χ4n) is 1.93. The molecule has 152 valence electrons. The van der Waals surface area contributed by atoms with Crippen molar-refractivity contribution in [1.82, 2.24) is 0 Å². The van der Waals surface area contributed by atoms with Crippen molar-refractivity contribution in [2.75, 3.05) is 46.2 Å². The molecule has 0 aromatic carbocycles. The van der Waals surface area contributed by atoms with Gasteiger partial charge in [-0.05, 0) is 18.6 Å². The maximum atomic E-state index is 9.35. The van der Waals surface area contributed by atoms with Crippen molar-refractivity contribution in [2.45, 2.75) is 45.4 Å². The second-order valence-corrected chi connectivity index (χ2v) is 5.58. The maximum absolute atomic E-state index is 9.35. The summed E-state index contributed by atoms with van der Waals surface area (Å²) < 4.78 is 25.5. The van der Waals surface area contributed by atoms with Crippen LogP contribution in [0.4, 0.5) is 0 Å². The molecule has 0 radical (unpaired) electrons. The van der Waals surface area contributed by atoms with Gasteiger partial charge in [0.15, 0.2) is 0 Å². The molecule has 8 heteroatoms. The Kier molecular flexibility index (Phi) is 21.1. The van der Waals surface area contributed by atoms with Gasteiger partial charge in [-0.1, -0.05) is 39.0 Å². The van der Waals surface area contributed by atoms with Crippen molar-refractivity contribution < 1.29 is 33.6 Å². The second-order valence-electron chi connectivity index (χ2n) is 5.58. The van der Waals surface area contributed by atoms with Crippen LogP contribution in [-0.4, -0.2) is 63.7 Å². The van der Waals surface area contributed by atoms with E-state index in [9.17, 15) is 5.02 Å². The summed E-state index contributed by atoms with van der Waals surface area (Å²) in [4.78, 5) is 0. The summed E-state index contributed by atoms with van der Waals surface area (Å²) in [5.41, 5.74) is 0. The van der Waals surface area contributed by atoms with Crippen LogP contribution in [0.25, 0.3) is 0 Å². The Morgan fingerprint density at radius 1 is 0.731 bits per heavy atom. The lowest BCUT2D eigenvalue weighted by molar-refractivity contribution is 0.0562. The Hall–Kier alpha value is -1.06. The second kappa shape index (κ2) is 22.0. The summed E-state index contributed by atoms with van der Waals surface area (Å²) in [5.74, 6) is 0. The Labute approximate surface area is 158 Å². The molecule has 0 heterocycles. The van der Waals surface area contributed by atoms with Crippen LogP contribution in [0.5, 0.6) is 0 Å². The Bertz CT molecular complexity index is 327. The van der Waals surface area contributed by atoms with Crippen molar-refractivity contribution in [1.29, 1.82) is 0 Å². The van der Waals surface area contributed by atoms with Gasteiger partial charge in [0, 0.05) is 6.61 Å². The highest BCUT2D eigenvalue weighted by atomic mass is 16.7. The minimum atomic E-state index is -1.39. The van der Waals surface area contributed by atoms with Crippen LogP contribution in [-0.2, 0) is 23.5 Å². The number of ether oxygens (including phenoxy) is 3. The molecule has 0 amide bonds. The lowest BCUT2D eigenvalue weighted by atomic mass is 10.1. The fourth-order valence-corrected chi connectivity index (χ4v) is 1.93. The van der Waals surface area contributed by atoms with Crippen LogP contribution in [0.1, 0.15) is 45.4 Å². The molecule has 0 atom stereocenters. The van der Waals surface area contributed by atoms with Gasteiger partial charge in [0.25, 0.3) is 0 Å². The van der Waals surface area contributed by atoms with Gasteiger partial charge < -0.3 is 33.6 Å². The van der Waals surface area contributed by atoms with Gasteiger partial charge in [-0.15, -0.1) is 0 Å². The van der Waals surface area contributed by atoms with E-state index in [0.29, 0.717) is 19.8 Å². The molecule has 0 aliphatic carbocycles. The van der Waals surface area contributed by atoms with Crippen LogP contribution in [0.3, 0.4) is 0 Å². The van der Waals surface area contributed by atoms with E-state index in [2.05, 4.69) is 6.92 Å². The Morgan fingerprint density at radius 2 is 1.31 bits per heavy atom. The first kappa shape index (κ1) is 24.9. The van der Waals surface area contributed by atoms with E-state index in [0.717, 1.165) is 13.0 Å². The summed E-state index contributed by atoms with van der Waals surface area (Å²) in [6, 6.07) is 0. The molecule has 0 aromatic rings. The van der Waals surface area contributed by atoms with Gasteiger partial charge in [0.2, 0.25) is 0 Å². The highest BCUT2D eigenvalue weighted by Gasteiger charge is 2.15. The summed E-state index contributed by atoms with van der Waals surface area (Å²) in [6.45, 7) is 5.01. The van der Waals surface area contributed by atoms with Crippen molar-refractivity contribution in [3.63, 3.8) is 0 Å². The lowest BCUT2D eigenvalue weighted by Gasteiger charge is -2.05. The third-order valence-electron chi connectivity index (χ3n) is 3.26. The van der Waals surface area contributed by atoms with Crippen LogP contribution in [0.2, 0.25) is 0 Å². The zero-order chi connectivity index (χ0) is 19.1. The molecular weight excluding hydrogens is 339 g/mol. The summed E-state index contributed by atoms with van der Waals surface area (Å²) in [7, 11) is -1.39. The molecular formula is C18H35BO7.